The van der Waals surface area contributed by atoms with Gasteiger partial charge in [0.1, 0.15) is 0 Å². The molecule has 0 aliphatic heterocycles. The fourth-order valence-corrected chi connectivity index (χ4v) is 2.38. The Labute approximate surface area is 104 Å². The van der Waals surface area contributed by atoms with Crippen LogP contribution in [0.5, 0.6) is 0 Å². The number of halogens is 1. The van der Waals surface area contributed by atoms with Crippen molar-refractivity contribution in [1.82, 2.24) is 10.3 Å². The Balaban J connectivity index is 1.98. The van der Waals surface area contributed by atoms with Crippen molar-refractivity contribution in [2.24, 2.45) is 0 Å². The lowest BCUT2D eigenvalue weighted by Crippen LogP contribution is -2.18. The van der Waals surface area contributed by atoms with E-state index >= 15 is 0 Å². The molecule has 0 saturated heterocycles. The summed E-state index contributed by atoms with van der Waals surface area (Å²) in [5.74, 6) is 0. The molecule has 2 nitrogen and oxygen atoms in total. The van der Waals surface area contributed by atoms with Crippen LogP contribution in [0.2, 0.25) is 5.02 Å². The number of hydrogen-bond donors (Lipinski definition) is 1. The molecule has 84 valence electrons. The predicted molar refractivity (Wildman–Crippen MR) is 68.8 cm³/mol. The summed E-state index contributed by atoms with van der Waals surface area (Å²) in [7, 11) is 0. The second-order valence-electron chi connectivity index (χ2n) is 3.60. The standard InChI is InChI=1S/C12H13ClN2S/c1-9(11-4-2-3-5-12(11)13)14-6-10-7-16-8-15-10/h2-5,7-9,14H,6H2,1H3/t9-/m0/s1. The van der Waals surface area contributed by atoms with Gasteiger partial charge in [-0.1, -0.05) is 29.8 Å². The van der Waals surface area contributed by atoms with Gasteiger partial charge in [-0.2, -0.15) is 0 Å². The first-order valence-electron chi connectivity index (χ1n) is 5.12. The van der Waals surface area contributed by atoms with E-state index in [0.717, 1.165) is 22.8 Å². The molecule has 0 spiro atoms. The SMILES string of the molecule is C[C@H](NCc1cscn1)c1ccccc1Cl. The highest BCUT2D eigenvalue weighted by Crippen LogP contribution is 2.22. The van der Waals surface area contributed by atoms with Gasteiger partial charge in [0.25, 0.3) is 0 Å². The molecule has 1 aromatic carbocycles. The normalized spacial score (nSPS) is 12.6. The number of rotatable bonds is 4. The largest absolute Gasteiger partial charge is 0.304 e. The predicted octanol–water partition coefficient (Wildman–Crippen LogP) is 3.65. The summed E-state index contributed by atoms with van der Waals surface area (Å²) >= 11 is 7.74. The van der Waals surface area contributed by atoms with Crippen LogP contribution in [-0.2, 0) is 6.54 Å². The zero-order valence-electron chi connectivity index (χ0n) is 8.98. The first-order valence-corrected chi connectivity index (χ1v) is 6.44. The first kappa shape index (κ1) is 11.6. The van der Waals surface area contributed by atoms with Crippen LogP contribution in [0.4, 0.5) is 0 Å². The minimum Gasteiger partial charge on any atom is -0.304 e. The quantitative estimate of drug-likeness (QED) is 0.899. The molecule has 0 radical (unpaired) electrons. The monoisotopic (exact) mass is 252 g/mol. The summed E-state index contributed by atoms with van der Waals surface area (Å²) in [6.07, 6.45) is 0. The summed E-state index contributed by atoms with van der Waals surface area (Å²) in [6.45, 7) is 2.88. The van der Waals surface area contributed by atoms with E-state index in [9.17, 15) is 0 Å². The molecular weight excluding hydrogens is 240 g/mol. The van der Waals surface area contributed by atoms with Crippen LogP contribution in [0.3, 0.4) is 0 Å². The van der Waals surface area contributed by atoms with Gasteiger partial charge in [-0.15, -0.1) is 11.3 Å². The van der Waals surface area contributed by atoms with Gasteiger partial charge in [0, 0.05) is 23.0 Å². The minimum absolute atomic E-state index is 0.232. The van der Waals surface area contributed by atoms with Crippen LogP contribution in [0.25, 0.3) is 0 Å². The molecule has 1 atom stereocenters. The van der Waals surface area contributed by atoms with Gasteiger partial charge >= 0.3 is 0 Å². The van der Waals surface area contributed by atoms with Crippen molar-refractivity contribution in [1.29, 1.82) is 0 Å². The third-order valence-electron chi connectivity index (χ3n) is 2.44. The molecular formula is C12H13ClN2S. The first-order chi connectivity index (χ1) is 7.77. The highest BCUT2D eigenvalue weighted by molar-refractivity contribution is 7.07. The Morgan fingerprint density at radius 2 is 2.25 bits per heavy atom. The van der Waals surface area contributed by atoms with Crippen molar-refractivity contribution < 1.29 is 0 Å². The third-order valence-corrected chi connectivity index (χ3v) is 3.42. The number of nitrogens with zero attached hydrogens (tertiary/aromatic N) is 1. The van der Waals surface area contributed by atoms with Crippen LogP contribution in [0.15, 0.2) is 35.2 Å². The van der Waals surface area contributed by atoms with Gasteiger partial charge in [0.2, 0.25) is 0 Å². The Kier molecular flexibility index (Phi) is 3.93. The number of hydrogen-bond acceptors (Lipinski definition) is 3. The molecule has 4 heteroatoms. The fraction of sp³-hybridized carbons (Fsp3) is 0.250. The number of benzene rings is 1. The third kappa shape index (κ3) is 2.82. The molecule has 0 fully saturated rings. The highest BCUT2D eigenvalue weighted by Gasteiger charge is 2.08. The maximum absolute atomic E-state index is 6.13. The number of aromatic nitrogens is 1. The minimum atomic E-state index is 0.232. The van der Waals surface area contributed by atoms with E-state index in [1.807, 2.05) is 35.2 Å². The van der Waals surface area contributed by atoms with Gasteiger partial charge in [-0.25, -0.2) is 4.98 Å². The van der Waals surface area contributed by atoms with Crippen LogP contribution in [0.1, 0.15) is 24.2 Å². The molecule has 1 N–H and O–H groups in total. The topological polar surface area (TPSA) is 24.9 Å². The molecule has 1 aromatic heterocycles. The van der Waals surface area contributed by atoms with E-state index in [1.54, 1.807) is 11.3 Å². The number of thiazole rings is 1. The van der Waals surface area contributed by atoms with Crippen molar-refractivity contribution in [3.8, 4) is 0 Å². The van der Waals surface area contributed by atoms with Crippen molar-refractivity contribution in [2.45, 2.75) is 19.5 Å². The molecule has 16 heavy (non-hydrogen) atoms. The summed E-state index contributed by atoms with van der Waals surface area (Å²) in [4.78, 5) is 4.23. The van der Waals surface area contributed by atoms with Crippen molar-refractivity contribution in [2.75, 3.05) is 0 Å². The molecule has 0 bridgehead atoms. The molecule has 1 heterocycles. The molecule has 0 aliphatic rings. The van der Waals surface area contributed by atoms with E-state index in [0.29, 0.717) is 0 Å². The molecule has 2 rings (SSSR count). The average Bonchev–Trinajstić information content (AvgIpc) is 2.79. The van der Waals surface area contributed by atoms with Gasteiger partial charge < -0.3 is 5.32 Å². The smallest absolute Gasteiger partial charge is 0.0795 e. The van der Waals surface area contributed by atoms with Gasteiger partial charge in [0.05, 0.1) is 11.2 Å². The molecule has 0 saturated carbocycles. The van der Waals surface area contributed by atoms with Crippen molar-refractivity contribution in [3.05, 3.63) is 51.4 Å². The lowest BCUT2D eigenvalue weighted by atomic mass is 10.1. The maximum atomic E-state index is 6.13. The Hall–Kier alpha value is -0.900. The van der Waals surface area contributed by atoms with E-state index in [-0.39, 0.29) is 6.04 Å². The highest BCUT2D eigenvalue weighted by atomic mass is 35.5. The Morgan fingerprint density at radius 3 is 2.94 bits per heavy atom. The molecule has 0 unspecified atom stereocenters. The van der Waals surface area contributed by atoms with E-state index < -0.39 is 0 Å². The van der Waals surface area contributed by atoms with Crippen LogP contribution < -0.4 is 5.32 Å². The molecule has 0 amide bonds. The van der Waals surface area contributed by atoms with E-state index in [4.69, 9.17) is 11.6 Å². The summed E-state index contributed by atoms with van der Waals surface area (Å²) in [6, 6.07) is 8.13. The van der Waals surface area contributed by atoms with Gasteiger partial charge in [-0.3, -0.25) is 0 Å². The average molecular weight is 253 g/mol. The van der Waals surface area contributed by atoms with Crippen LogP contribution >= 0.6 is 22.9 Å². The summed E-state index contributed by atoms with van der Waals surface area (Å²) in [5.41, 5.74) is 4.04. The molecule has 0 aliphatic carbocycles. The van der Waals surface area contributed by atoms with E-state index in [1.165, 1.54) is 0 Å². The summed E-state index contributed by atoms with van der Waals surface area (Å²) in [5, 5.41) is 6.26. The summed E-state index contributed by atoms with van der Waals surface area (Å²) < 4.78 is 0. The Morgan fingerprint density at radius 1 is 1.44 bits per heavy atom. The van der Waals surface area contributed by atoms with Crippen molar-refractivity contribution in [3.63, 3.8) is 0 Å². The Bertz CT molecular complexity index is 442. The van der Waals surface area contributed by atoms with Crippen LogP contribution in [0, 0.1) is 0 Å². The zero-order valence-corrected chi connectivity index (χ0v) is 10.6. The molecule has 2 aromatic rings. The second kappa shape index (κ2) is 5.43. The zero-order chi connectivity index (χ0) is 11.4. The lowest BCUT2D eigenvalue weighted by Gasteiger charge is -2.14. The maximum Gasteiger partial charge on any atom is 0.0795 e. The van der Waals surface area contributed by atoms with Crippen LogP contribution in [-0.4, -0.2) is 4.98 Å². The second-order valence-corrected chi connectivity index (χ2v) is 4.73. The van der Waals surface area contributed by atoms with E-state index in [2.05, 4.69) is 17.2 Å². The number of nitrogens with one attached hydrogen (secondary N) is 1. The van der Waals surface area contributed by atoms with Gasteiger partial charge in [-0.05, 0) is 18.6 Å². The lowest BCUT2D eigenvalue weighted by molar-refractivity contribution is 0.569. The van der Waals surface area contributed by atoms with Crippen molar-refractivity contribution >= 4 is 22.9 Å². The fourth-order valence-electron chi connectivity index (χ4n) is 1.52. The van der Waals surface area contributed by atoms with Gasteiger partial charge in [0.15, 0.2) is 0 Å².